The highest BCUT2D eigenvalue weighted by atomic mass is 16.7. The molecule has 0 fully saturated rings. The van der Waals surface area contributed by atoms with Gasteiger partial charge in [0.25, 0.3) is 0 Å². The molecule has 2 aromatic carbocycles. The fourth-order valence-corrected chi connectivity index (χ4v) is 2.64. The molecule has 3 aromatic rings. The lowest BCUT2D eigenvalue weighted by molar-refractivity contribution is -0.150. The van der Waals surface area contributed by atoms with Crippen molar-refractivity contribution in [3.05, 3.63) is 78.0 Å². The van der Waals surface area contributed by atoms with Gasteiger partial charge in [0.1, 0.15) is 0 Å². The summed E-state index contributed by atoms with van der Waals surface area (Å²) in [4.78, 5) is 11.9. The highest BCUT2D eigenvalue weighted by Crippen LogP contribution is 2.19. The van der Waals surface area contributed by atoms with Crippen LogP contribution in [0.2, 0.25) is 0 Å². The van der Waals surface area contributed by atoms with Crippen LogP contribution in [0.3, 0.4) is 0 Å². The number of benzene rings is 2. The van der Waals surface area contributed by atoms with Crippen LogP contribution >= 0.6 is 0 Å². The van der Waals surface area contributed by atoms with E-state index in [-0.39, 0.29) is 12.8 Å². The number of carbonyl (C=O) groups excluding carboxylic acids is 1. The van der Waals surface area contributed by atoms with Crippen LogP contribution in [0.5, 0.6) is 5.88 Å². The van der Waals surface area contributed by atoms with E-state index in [4.69, 9.17) is 9.47 Å². The van der Waals surface area contributed by atoms with Gasteiger partial charge in [-0.05, 0) is 37.5 Å². The molecule has 1 heterocycles. The highest BCUT2D eigenvalue weighted by Gasteiger charge is 2.10. The first-order valence-electron chi connectivity index (χ1n) is 8.67. The Labute approximate surface area is 153 Å². The number of carbonyl (C=O) groups is 1. The molecule has 1 aromatic heterocycles. The number of nitrogens with zero attached hydrogens (tertiary/aromatic N) is 2. The molecule has 5 heteroatoms. The lowest BCUT2D eigenvalue weighted by Crippen LogP contribution is -2.12. The van der Waals surface area contributed by atoms with Gasteiger partial charge in [-0.15, -0.1) is 0 Å². The zero-order valence-electron chi connectivity index (χ0n) is 14.8. The number of esters is 1. The first-order valence-corrected chi connectivity index (χ1v) is 8.67. The number of hydrogen-bond donors (Lipinski definition) is 0. The summed E-state index contributed by atoms with van der Waals surface area (Å²) in [6.07, 6.45) is 1.98. The molecule has 0 aliphatic heterocycles. The van der Waals surface area contributed by atoms with E-state index in [2.05, 4.69) is 17.2 Å². The van der Waals surface area contributed by atoms with Crippen molar-refractivity contribution in [1.29, 1.82) is 0 Å². The molecular formula is C21H22N2O3. The SMILES string of the molecule is Cc1cc(OCOC(=O)CCCc2ccccc2)n(-c2ccccc2)n1. The standard InChI is InChI=1S/C21H22N2O3/c1-17-15-20(23(22-17)19-12-6-3-7-13-19)25-16-26-21(24)14-8-11-18-9-4-2-5-10-18/h2-7,9-10,12-13,15H,8,11,14,16H2,1H3. The number of aryl methyl sites for hydroxylation is 2. The molecule has 0 bridgehead atoms. The maximum atomic E-state index is 11.9. The van der Waals surface area contributed by atoms with E-state index >= 15 is 0 Å². The Hall–Kier alpha value is -3.08. The van der Waals surface area contributed by atoms with Crippen molar-refractivity contribution in [1.82, 2.24) is 9.78 Å². The molecule has 0 radical (unpaired) electrons. The first-order chi connectivity index (χ1) is 12.7. The summed E-state index contributed by atoms with van der Waals surface area (Å²) in [6.45, 7) is 1.77. The van der Waals surface area contributed by atoms with E-state index in [0.29, 0.717) is 12.3 Å². The second kappa shape index (κ2) is 8.85. The van der Waals surface area contributed by atoms with Gasteiger partial charge in [-0.3, -0.25) is 4.79 Å². The van der Waals surface area contributed by atoms with Crippen molar-refractivity contribution in [3.63, 3.8) is 0 Å². The monoisotopic (exact) mass is 350 g/mol. The number of rotatable bonds is 8. The summed E-state index contributed by atoms with van der Waals surface area (Å²) in [5.41, 5.74) is 2.95. The van der Waals surface area contributed by atoms with Crippen LogP contribution < -0.4 is 4.74 Å². The van der Waals surface area contributed by atoms with E-state index in [1.807, 2.05) is 61.5 Å². The molecule has 5 nitrogen and oxygen atoms in total. The van der Waals surface area contributed by atoms with Crippen molar-refractivity contribution in [2.45, 2.75) is 26.2 Å². The van der Waals surface area contributed by atoms with Crippen molar-refractivity contribution in [2.24, 2.45) is 0 Å². The smallest absolute Gasteiger partial charge is 0.308 e. The van der Waals surface area contributed by atoms with Gasteiger partial charge in [-0.2, -0.15) is 5.10 Å². The van der Waals surface area contributed by atoms with Gasteiger partial charge in [-0.1, -0.05) is 48.5 Å². The Morgan fingerprint density at radius 2 is 1.73 bits per heavy atom. The van der Waals surface area contributed by atoms with Crippen molar-refractivity contribution >= 4 is 5.97 Å². The largest absolute Gasteiger partial charge is 0.440 e. The molecule has 0 saturated carbocycles. The van der Waals surface area contributed by atoms with Crippen LogP contribution in [-0.2, 0) is 16.0 Å². The molecule has 0 aliphatic rings. The second-order valence-corrected chi connectivity index (χ2v) is 5.99. The Bertz CT molecular complexity index is 829. The molecular weight excluding hydrogens is 328 g/mol. The van der Waals surface area contributed by atoms with E-state index < -0.39 is 0 Å². The molecule has 0 unspecified atom stereocenters. The molecule has 26 heavy (non-hydrogen) atoms. The maximum Gasteiger partial charge on any atom is 0.308 e. The number of para-hydroxylation sites is 1. The van der Waals surface area contributed by atoms with E-state index in [1.54, 1.807) is 4.68 Å². The van der Waals surface area contributed by atoms with Gasteiger partial charge in [-0.25, -0.2) is 4.68 Å². The summed E-state index contributed by atoms with van der Waals surface area (Å²) < 4.78 is 12.5. The summed E-state index contributed by atoms with van der Waals surface area (Å²) in [5, 5.41) is 4.41. The average molecular weight is 350 g/mol. The van der Waals surface area contributed by atoms with Crippen LogP contribution in [-0.4, -0.2) is 22.5 Å². The van der Waals surface area contributed by atoms with Crippen LogP contribution in [0.15, 0.2) is 66.7 Å². The van der Waals surface area contributed by atoms with E-state index in [1.165, 1.54) is 5.56 Å². The van der Waals surface area contributed by atoms with Crippen LogP contribution in [0.25, 0.3) is 5.69 Å². The third-order valence-electron chi connectivity index (χ3n) is 3.92. The van der Waals surface area contributed by atoms with Crippen molar-refractivity contribution < 1.29 is 14.3 Å². The Morgan fingerprint density at radius 3 is 2.46 bits per heavy atom. The van der Waals surface area contributed by atoms with E-state index in [0.717, 1.165) is 24.2 Å². The van der Waals surface area contributed by atoms with Gasteiger partial charge in [0, 0.05) is 12.5 Å². The summed E-state index contributed by atoms with van der Waals surface area (Å²) in [7, 11) is 0. The molecule has 0 N–H and O–H groups in total. The molecule has 0 amide bonds. The normalized spacial score (nSPS) is 10.5. The van der Waals surface area contributed by atoms with Crippen molar-refractivity contribution in [3.8, 4) is 11.6 Å². The predicted molar refractivity (Wildman–Crippen MR) is 99.3 cm³/mol. The van der Waals surface area contributed by atoms with Crippen LogP contribution in [0.4, 0.5) is 0 Å². The molecule has 134 valence electrons. The quantitative estimate of drug-likeness (QED) is 0.454. The first kappa shape index (κ1) is 17.7. The average Bonchev–Trinajstić information content (AvgIpc) is 3.04. The molecule has 3 rings (SSSR count). The number of aromatic nitrogens is 2. The lowest BCUT2D eigenvalue weighted by Gasteiger charge is -2.09. The summed E-state index contributed by atoms with van der Waals surface area (Å²) >= 11 is 0. The van der Waals surface area contributed by atoms with Crippen LogP contribution in [0, 0.1) is 6.92 Å². The van der Waals surface area contributed by atoms with Gasteiger partial charge in [0.2, 0.25) is 12.7 Å². The topological polar surface area (TPSA) is 53.4 Å². The van der Waals surface area contributed by atoms with Gasteiger partial charge in [0.15, 0.2) is 0 Å². The fraction of sp³-hybridized carbons (Fsp3) is 0.238. The Morgan fingerprint density at radius 1 is 1.04 bits per heavy atom. The fourth-order valence-electron chi connectivity index (χ4n) is 2.64. The molecule has 0 atom stereocenters. The summed E-state index contributed by atoms with van der Waals surface area (Å²) in [6, 6.07) is 21.6. The maximum absolute atomic E-state index is 11.9. The number of ether oxygens (including phenoxy) is 2. The molecule has 0 saturated heterocycles. The van der Waals surface area contributed by atoms with Crippen LogP contribution in [0.1, 0.15) is 24.1 Å². The van der Waals surface area contributed by atoms with Gasteiger partial charge < -0.3 is 9.47 Å². The third-order valence-corrected chi connectivity index (χ3v) is 3.92. The minimum Gasteiger partial charge on any atom is -0.440 e. The third kappa shape index (κ3) is 4.96. The lowest BCUT2D eigenvalue weighted by atomic mass is 10.1. The predicted octanol–water partition coefficient (Wildman–Crippen LogP) is 4.08. The highest BCUT2D eigenvalue weighted by molar-refractivity contribution is 5.69. The zero-order valence-corrected chi connectivity index (χ0v) is 14.8. The summed E-state index contributed by atoms with van der Waals surface area (Å²) in [5.74, 6) is 0.286. The van der Waals surface area contributed by atoms with Gasteiger partial charge in [0.05, 0.1) is 11.4 Å². The van der Waals surface area contributed by atoms with E-state index in [9.17, 15) is 4.79 Å². The zero-order chi connectivity index (χ0) is 18.2. The number of hydrogen-bond acceptors (Lipinski definition) is 4. The van der Waals surface area contributed by atoms with Crippen molar-refractivity contribution in [2.75, 3.05) is 6.79 Å². The second-order valence-electron chi connectivity index (χ2n) is 5.99. The Balaban J connectivity index is 1.45. The van der Waals surface area contributed by atoms with Gasteiger partial charge >= 0.3 is 5.97 Å². The minimum atomic E-state index is -0.261. The molecule has 0 spiro atoms. The minimum absolute atomic E-state index is 0.123. The molecule has 0 aliphatic carbocycles. The Kier molecular flexibility index (Phi) is 6.04.